The summed E-state index contributed by atoms with van der Waals surface area (Å²) in [5, 5.41) is 13.6. The maximum absolute atomic E-state index is 10.2. The Kier molecular flexibility index (Phi) is 24.9. The predicted octanol–water partition coefficient (Wildman–Crippen LogP) is -8.48. The molecule has 9 heteroatoms. The normalized spacial score (nSPS) is 18.5. The minimum atomic E-state index is 0. The molecule has 0 aliphatic carbocycles. The summed E-state index contributed by atoms with van der Waals surface area (Å²) in [5.74, 6) is 0. The quantitative estimate of drug-likeness (QED) is 0.260. The van der Waals surface area contributed by atoms with Crippen molar-refractivity contribution in [1.82, 2.24) is 10.2 Å². The van der Waals surface area contributed by atoms with Crippen molar-refractivity contribution in [1.29, 1.82) is 0 Å². The molecule has 0 bridgehead atoms. The second-order valence-electron chi connectivity index (χ2n) is 4.99. The van der Waals surface area contributed by atoms with Gasteiger partial charge in [-0.25, -0.2) is 11.9 Å². The first kappa shape index (κ1) is 31.4. The summed E-state index contributed by atoms with van der Waals surface area (Å²) < 4.78 is 8.47. The summed E-state index contributed by atoms with van der Waals surface area (Å²) >= 11 is 3.39. The van der Waals surface area contributed by atoms with Gasteiger partial charge in [0.05, 0.1) is 0 Å². The van der Waals surface area contributed by atoms with Crippen LogP contribution in [0.15, 0.2) is 30.6 Å². The molecule has 2 heterocycles. The molecule has 1 aliphatic heterocycles. The van der Waals surface area contributed by atoms with E-state index in [1.807, 2.05) is 0 Å². The van der Waals surface area contributed by atoms with Crippen LogP contribution in [0, 0.1) is 5.21 Å². The van der Waals surface area contributed by atoms with E-state index in [9.17, 15) is 5.21 Å². The van der Waals surface area contributed by atoms with Crippen molar-refractivity contribution < 1.29 is 85.5 Å². The third-order valence-corrected chi connectivity index (χ3v) is 3.63. The first-order chi connectivity index (χ1) is 8.94. The van der Waals surface area contributed by atoms with Gasteiger partial charge < -0.3 is 32.2 Å². The summed E-state index contributed by atoms with van der Waals surface area (Å²) in [6.07, 6.45) is 2.89. The number of hydrogen-bond acceptors (Lipinski definition) is 4. The molecule has 1 aliphatic rings. The van der Waals surface area contributed by atoms with Gasteiger partial charge in [0.25, 0.3) is 0 Å². The van der Waals surface area contributed by atoms with Gasteiger partial charge in [-0.15, -0.1) is 0 Å². The Labute approximate surface area is 193 Å². The smallest absolute Gasteiger partial charge is 1.00 e. The molecule has 1 N–H and O–H groups in total. The monoisotopic (exact) mass is 413 g/mol. The standard InChI is InChI=1S/C8H18N2.C5H5NO.BrH.ClO.2Na/c1-7-8(2,3)10(4)6-5-9-7;7-6-4-2-1-3-5-6;;1-2;;/h7,9H,5-6H2,1-4H3;1-5H;1H;;;/q;;;-1;2*+1/p-1. The van der Waals surface area contributed by atoms with Crippen LogP contribution in [0.5, 0.6) is 0 Å². The molecular formula is C13H23BrClN3Na2O2. The van der Waals surface area contributed by atoms with E-state index in [4.69, 9.17) is 4.66 Å². The van der Waals surface area contributed by atoms with E-state index in [0.29, 0.717) is 11.6 Å². The van der Waals surface area contributed by atoms with Gasteiger partial charge in [-0.05, 0) is 27.8 Å². The number of piperazine rings is 1. The van der Waals surface area contributed by atoms with Gasteiger partial charge in [-0.1, -0.05) is 6.07 Å². The summed E-state index contributed by atoms with van der Waals surface area (Å²) in [6, 6.07) is 5.78. The van der Waals surface area contributed by atoms with Gasteiger partial charge in [-0.2, -0.15) is 4.73 Å². The average Bonchev–Trinajstić information content (AvgIpc) is 2.40. The summed E-state index contributed by atoms with van der Waals surface area (Å²) in [5.41, 5.74) is 0.318. The number of pyridine rings is 1. The van der Waals surface area contributed by atoms with E-state index >= 15 is 0 Å². The summed E-state index contributed by atoms with van der Waals surface area (Å²) in [6.45, 7) is 9.10. The van der Waals surface area contributed by atoms with E-state index in [-0.39, 0.29) is 76.1 Å². The van der Waals surface area contributed by atoms with E-state index in [1.165, 1.54) is 12.4 Å². The number of nitrogens with zero attached hydrogens (tertiary/aromatic N) is 2. The Morgan fingerprint density at radius 3 is 1.91 bits per heavy atom. The van der Waals surface area contributed by atoms with Gasteiger partial charge in [-0.3, -0.25) is 4.90 Å². The maximum atomic E-state index is 10.2. The van der Waals surface area contributed by atoms with E-state index < -0.39 is 0 Å². The van der Waals surface area contributed by atoms with Crippen LogP contribution in [-0.2, 0) is 0 Å². The Bertz CT molecular complexity index is 339. The summed E-state index contributed by atoms with van der Waals surface area (Å²) in [4.78, 5) is 2.41. The number of nitrogens with one attached hydrogen (secondary N) is 1. The van der Waals surface area contributed by atoms with Crippen molar-refractivity contribution in [3.05, 3.63) is 35.8 Å². The molecule has 1 unspecified atom stereocenters. The topological polar surface area (TPSA) is 65.3 Å². The first-order valence-corrected chi connectivity index (χ1v) is 6.49. The molecule has 0 amide bonds. The third-order valence-electron chi connectivity index (χ3n) is 3.63. The number of hydrogen-bond donors (Lipinski definition) is 1. The van der Waals surface area contributed by atoms with Crippen molar-refractivity contribution >= 4 is 11.9 Å². The zero-order valence-corrected chi connectivity index (χ0v) is 20.7. The molecule has 1 aromatic heterocycles. The maximum Gasteiger partial charge on any atom is 1.00 e. The molecule has 1 fully saturated rings. The Hall–Kier alpha value is 1.60. The number of aromatic nitrogens is 1. The third kappa shape index (κ3) is 12.0. The number of halogens is 2. The molecule has 22 heavy (non-hydrogen) atoms. The molecule has 1 aromatic rings. The SMILES string of the molecule is CC1NCCN(C)C1(C)C.[Br-].[Na+].[Na+].[O-]Cl.[O-][n+]1ccccc1. The van der Waals surface area contributed by atoms with Crippen LogP contribution < -0.4 is 90.8 Å². The van der Waals surface area contributed by atoms with Crippen molar-refractivity contribution in [3.63, 3.8) is 0 Å². The zero-order valence-electron chi connectivity index (χ0n) is 14.3. The van der Waals surface area contributed by atoms with E-state index in [2.05, 4.69) is 49.9 Å². The molecule has 1 atom stereocenters. The molecule has 0 aromatic carbocycles. The van der Waals surface area contributed by atoms with Crippen molar-refractivity contribution in [3.8, 4) is 0 Å². The molecule has 0 spiro atoms. The van der Waals surface area contributed by atoms with Gasteiger partial charge >= 0.3 is 59.1 Å². The van der Waals surface area contributed by atoms with E-state index in [1.54, 1.807) is 18.2 Å². The van der Waals surface area contributed by atoms with Gasteiger partial charge in [0.2, 0.25) is 0 Å². The van der Waals surface area contributed by atoms with Gasteiger partial charge in [0, 0.05) is 36.8 Å². The number of likely N-dealkylation sites (N-methyl/N-ethyl adjacent to an activating group) is 1. The Balaban J connectivity index is -0.000000121. The van der Waals surface area contributed by atoms with Crippen LogP contribution in [0.25, 0.3) is 0 Å². The fraction of sp³-hybridized carbons (Fsp3) is 0.615. The molecular weight excluding hydrogens is 391 g/mol. The molecule has 118 valence electrons. The fourth-order valence-electron chi connectivity index (χ4n) is 1.70. The Morgan fingerprint density at radius 2 is 1.64 bits per heavy atom. The van der Waals surface area contributed by atoms with Crippen LogP contribution in [-0.4, -0.2) is 36.6 Å². The molecule has 5 nitrogen and oxygen atoms in total. The largest absolute Gasteiger partial charge is 1.00 e. The van der Waals surface area contributed by atoms with Crippen LogP contribution >= 0.6 is 11.9 Å². The zero-order chi connectivity index (χ0) is 14.9. The van der Waals surface area contributed by atoms with Crippen LogP contribution in [0.2, 0.25) is 0 Å². The van der Waals surface area contributed by atoms with Crippen molar-refractivity contribution in [2.75, 3.05) is 20.1 Å². The van der Waals surface area contributed by atoms with Crippen molar-refractivity contribution in [2.24, 2.45) is 0 Å². The molecule has 1 saturated heterocycles. The van der Waals surface area contributed by atoms with Crippen LogP contribution in [0.3, 0.4) is 0 Å². The minimum absolute atomic E-state index is 0. The van der Waals surface area contributed by atoms with E-state index in [0.717, 1.165) is 17.8 Å². The fourth-order valence-corrected chi connectivity index (χ4v) is 1.70. The molecule has 0 radical (unpaired) electrons. The van der Waals surface area contributed by atoms with Crippen molar-refractivity contribution in [2.45, 2.75) is 32.4 Å². The predicted molar refractivity (Wildman–Crippen MR) is 75.4 cm³/mol. The molecule has 0 saturated carbocycles. The van der Waals surface area contributed by atoms with Gasteiger partial charge in [0.15, 0.2) is 12.4 Å². The second kappa shape index (κ2) is 17.4. The second-order valence-corrected chi connectivity index (χ2v) is 4.99. The Morgan fingerprint density at radius 1 is 1.18 bits per heavy atom. The molecule has 2 rings (SSSR count). The van der Waals surface area contributed by atoms with Crippen LogP contribution in [0.1, 0.15) is 20.8 Å². The number of rotatable bonds is 0. The minimum Gasteiger partial charge on any atom is -1.00 e. The van der Waals surface area contributed by atoms with Gasteiger partial charge in [0.1, 0.15) is 0 Å². The summed E-state index contributed by atoms with van der Waals surface area (Å²) in [7, 11) is 2.19. The average molecular weight is 415 g/mol. The van der Waals surface area contributed by atoms with Crippen LogP contribution in [0.4, 0.5) is 0 Å². The first-order valence-electron chi connectivity index (χ1n) is 6.18.